The molecule has 3 rings (SSSR count). The summed E-state index contributed by atoms with van der Waals surface area (Å²) < 4.78 is 26.6. The normalized spacial score (nSPS) is 14.5. The van der Waals surface area contributed by atoms with Gasteiger partial charge in [-0.1, -0.05) is 0 Å². The van der Waals surface area contributed by atoms with Crippen LogP contribution in [0.1, 0.15) is 29.8 Å². The van der Waals surface area contributed by atoms with E-state index in [2.05, 4.69) is 15.3 Å². The molecule has 2 aromatic rings. The quantitative estimate of drug-likeness (QED) is 0.938. The molecular formula is C16H17F2N3. The van der Waals surface area contributed by atoms with Crippen LogP contribution in [0, 0.1) is 25.5 Å². The van der Waals surface area contributed by atoms with Gasteiger partial charge < -0.3 is 5.32 Å². The SMILES string of the molecule is Cc1nc(-c2cc(F)cc(F)c2)nc(C)c1CNC1CC1. The van der Waals surface area contributed by atoms with Crippen molar-refractivity contribution in [3.8, 4) is 11.4 Å². The average molecular weight is 289 g/mol. The summed E-state index contributed by atoms with van der Waals surface area (Å²) in [5.41, 5.74) is 3.11. The lowest BCUT2D eigenvalue weighted by Crippen LogP contribution is -2.18. The maximum atomic E-state index is 13.3. The van der Waals surface area contributed by atoms with Crippen molar-refractivity contribution < 1.29 is 8.78 Å². The van der Waals surface area contributed by atoms with E-state index in [0.29, 0.717) is 17.4 Å². The van der Waals surface area contributed by atoms with E-state index in [-0.39, 0.29) is 0 Å². The molecule has 5 heteroatoms. The minimum absolute atomic E-state index is 0.360. The molecule has 0 saturated heterocycles. The Kier molecular flexibility index (Phi) is 3.68. The van der Waals surface area contributed by atoms with Gasteiger partial charge in [0.2, 0.25) is 0 Å². The summed E-state index contributed by atoms with van der Waals surface area (Å²) in [5.74, 6) is -0.884. The van der Waals surface area contributed by atoms with E-state index in [0.717, 1.165) is 29.6 Å². The van der Waals surface area contributed by atoms with Gasteiger partial charge in [0.05, 0.1) is 0 Å². The zero-order valence-corrected chi connectivity index (χ0v) is 12.1. The van der Waals surface area contributed by atoms with Crippen molar-refractivity contribution in [2.75, 3.05) is 0 Å². The average Bonchev–Trinajstić information content (AvgIpc) is 3.20. The number of nitrogens with zero attached hydrogens (tertiary/aromatic N) is 2. The molecule has 1 fully saturated rings. The van der Waals surface area contributed by atoms with Crippen molar-refractivity contribution in [3.05, 3.63) is 46.8 Å². The van der Waals surface area contributed by atoms with Crippen LogP contribution in [-0.4, -0.2) is 16.0 Å². The molecule has 110 valence electrons. The summed E-state index contributed by atoms with van der Waals surface area (Å²) in [6, 6.07) is 3.96. The highest BCUT2D eigenvalue weighted by Gasteiger charge is 2.21. The molecular weight excluding hydrogens is 272 g/mol. The molecule has 3 nitrogen and oxygen atoms in total. The van der Waals surface area contributed by atoms with E-state index in [1.54, 1.807) is 0 Å². The van der Waals surface area contributed by atoms with Gasteiger partial charge in [0.25, 0.3) is 0 Å². The molecule has 21 heavy (non-hydrogen) atoms. The van der Waals surface area contributed by atoms with Crippen LogP contribution in [0.2, 0.25) is 0 Å². The largest absolute Gasteiger partial charge is 0.310 e. The number of nitrogens with one attached hydrogen (secondary N) is 1. The molecule has 0 aliphatic heterocycles. The summed E-state index contributed by atoms with van der Waals surface area (Å²) in [6.07, 6.45) is 2.44. The van der Waals surface area contributed by atoms with Gasteiger partial charge in [-0.25, -0.2) is 18.7 Å². The van der Waals surface area contributed by atoms with Crippen LogP contribution in [0.3, 0.4) is 0 Å². The molecule has 0 bridgehead atoms. The minimum Gasteiger partial charge on any atom is -0.310 e. The van der Waals surface area contributed by atoms with Crippen LogP contribution < -0.4 is 5.32 Å². The molecule has 1 aliphatic rings. The summed E-state index contributed by atoms with van der Waals surface area (Å²) in [5, 5.41) is 3.43. The first-order chi connectivity index (χ1) is 10.0. The smallest absolute Gasteiger partial charge is 0.159 e. The Labute approximate surface area is 122 Å². The highest BCUT2D eigenvalue weighted by atomic mass is 19.1. The van der Waals surface area contributed by atoms with Crippen LogP contribution >= 0.6 is 0 Å². The third-order valence-corrected chi connectivity index (χ3v) is 3.69. The molecule has 0 radical (unpaired) electrons. The second kappa shape index (κ2) is 5.48. The molecule has 0 atom stereocenters. The fourth-order valence-electron chi connectivity index (χ4n) is 2.34. The third kappa shape index (κ3) is 3.24. The minimum atomic E-state index is -0.622. The molecule has 0 amide bonds. The monoisotopic (exact) mass is 289 g/mol. The number of rotatable bonds is 4. The molecule has 1 saturated carbocycles. The Balaban J connectivity index is 1.92. The first kappa shape index (κ1) is 14.1. The predicted molar refractivity (Wildman–Crippen MR) is 76.7 cm³/mol. The van der Waals surface area contributed by atoms with Crippen molar-refractivity contribution in [3.63, 3.8) is 0 Å². The van der Waals surface area contributed by atoms with Gasteiger partial charge in [0.1, 0.15) is 11.6 Å². The Bertz CT molecular complexity index is 638. The van der Waals surface area contributed by atoms with Gasteiger partial charge in [0.15, 0.2) is 5.82 Å². The van der Waals surface area contributed by atoms with E-state index < -0.39 is 11.6 Å². The fraction of sp³-hybridized carbons (Fsp3) is 0.375. The number of aryl methyl sites for hydroxylation is 2. The van der Waals surface area contributed by atoms with Gasteiger partial charge in [-0.15, -0.1) is 0 Å². The number of aromatic nitrogens is 2. The van der Waals surface area contributed by atoms with E-state index >= 15 is 0 Å². The van der Waals surface area contributed by atoms with Crippen molar-refractivity contribution in [1.29, 1.82) is 0 Å². The third-order valence-electron chi connectivity index (χ3n) is 3.69. The zero-order valence-electron chi connectivity index (χ0n) is 12.1. The van der Waals surface area contributed by atoms with Crippen LogP contribution in [0.4, 0.5) is 8.78 Å². The van der Waals surface area contributed by atoms with Gasteiger partial charge in [-0.05, 0) is 38.8 Å². The van der Waals surface area contributed by atoms with Crippen LogP contribution in [0.15, 0.2) is 18.2 Å². The molecule has 1 aromatic heterocycles. The zero-order chi connectivity index (χ0) is 15.0. The number of benzene rings is 1. The Morgan fingerprint density at radius 1 is 1.05 bits per heavy atom. The van der Waals surface area contributed by atoms with Gasteiger partial charge in [-0.3, -0.25) is 0 Å². The van der Waals surface area contributed by atoms with E-state index in [9.17, 15) is 8.78 Å². The first-order valence-corrected chi connectivity index (χ1v) is 7.07. The molecule has 1 heterocycles. The molecule has 1 N–H and O–H groups in total. The second-order valence-electron chi connectivity index (χ2n) is 5.51. The van der Waals surface area contributed by atoms with Crippen LogP contribution in [-0.2, 0) is 6.54 Å². The van der Waals surface area contributed by atoms with Crippen LogP contribution in [0.25, 0.3) is 11.4 Å². The molecule has 0 unspecified atom stereocenters. The highest BCUT2D eigenvalue weighted by Crippen LogP contribution is 2.23. The highest BCUT2D eigenvalue weighted by molar-refractivity contribution is 5.56. The standard InChI is InChI=1S/C16H17F2N3/c1-9-15(8-19-14-3-4-14)10(2)21-16(20-9)11-5-12(17)7-13(18)6-11/h5-7,14,19H,3-4,8H2,1-2H3. The number of hydrogen-bond acceptors (Lipinski definition) is 3. The van der Waals surface area contributed by atoms with Crippen molar-refractivity contribution in [2.24, 2.45) is 0 Å². The summed E-state index contributed by atoms with van der Waals surface area (Å²) in [4.78, 5) is 8.80. The lowest BCUT2D eigenvalue weighted by atomic mass is 10.1. The Hall–Kier alpha value is -1.88. The van der Waals surface area contributed by atoms with E-state index in [1.807, 2.05) is 13.8 Å². The second-order valence-corrected chi connectivity index (χ2v) is 5.51. The Morgan fingerprint density at radius 2 is 1.62 bits per heavy atom. The van der Waals surface area contributed by atoms with Gasteiger partial charge in [0, 0.05) is 41.2 Å². The maximum absolute atomic E-state index is 13.3. The fourth-order valence-corrected chi connectivity index (χ4v) is 2.34. The number of halogens is 2. The van der Waals surface area contributed by atoms with Crippen molar-refractivity contribution in [2.45, 2.75) is 39.3 Å². The Morgan fingerprint density at radius 3 is 2.14 bits per heavy atom. The van der Waals surface area contributed by atoms with Gasteiger partial charge in [-0.2, -0.15) is 0 Å². The van der Waals surface area contributed by atoms with Crippen molar-refractivity contribution in [1.82, 2.24) is 15.3 Å². The van der Waals surface area contributed by atoms with Gasteiger partial charge >= 0.3 is 0 Å². The first-order valence-electron chi connectivity index (χ1n) is 7.07. The predicted octanol–water partition coefficient (Wildman–Crippen LogP) is 3.29. The summed E-state index contributed by atoms with van der Waals surface area (Å²) in [6.45, 7) is 4.54. The van der Waals surface area contributed by atoms with E-state index in [1.165, 1.54) is 25.0 Å². The maximum Gasteiger partial charge on any atom is 0.159 e. The summed E-state index contributed by atoms with van der Waals surface area (Å²) >= 11 is 0. The molecule has 0 spiro atoms. The topological polar surface area (TPSA) is 37.8 Å². The molecule has 1 aliphatic carbocycles. The lowest BCUT2D eigenvalue weighted by molar-refractivity contribution is 0.584. The lowest BCUT2D eigenvalue weighted by Gasteiger charge is -2.12. The van der Waals surface area contributed by atoms with Crippen molar-refractivity contribution >= 4 is 0 Å². The molecule has 1 aromatic carbocycles. The van der Waals surface area contributed by atoms with E-state index in [4.69, 9.17) is 0 Å². The number of hydrogen-bond donors (Lipinski definition) is 1. The van der Waals surface area contributed by atoms with Crippen LogP contribution in [0.5, 0.6) is 0 Å². The summed E-state index contributed by atoms with van der Waals surface area (Å²) in [7, 11) is 0.